The van der Waals surface area contributed by atoms with Gasteiger partial charge in [-0.25, -0.2) is 9.52 Å². The van der Waals surface area contributed by atoms with Gasteiger partial charge in [0.25, 0.3) is 0 Å². The van der Waals surface area contributed by atoms with Crippen LogP contribution in [0, 0.1) is 0 Å². The molecule has 0 aliphatic carbocycles. The SMILES string of the molecule is CC(C)OC(=O)NS(=O)(=O)Nc1cccc2c1CCCN2. The number of rotatable bonds is 4. The van der Waals surface area contributed by atoms with Crippen molar-refractivity contribution >= 4 is 27.7 Å². The fraction of sp³-hybridized carbons (Fsp3) is 0.462. The summed E-state index contributed by atoms with van der Waals surface area (Å²) >= 11 is 0. The van der Waals surface area contributed by atoms with Crippen LogP contribution in [0.4, 0.5) is 16.2 Å². The zero-order valence-corrected chi connectivity index (χ0v) is 12.8. The second-order valence-corrected chi connectivity index (χ2v) is 6.44. The maximum absolute atomic E-state index is 11.9. The molecule has 1 aromatic rings. The second kappa shape index (κ2) is 6.21. The molecule has 0 unspecified atom stereocenters. The Kier molecular flexibility index (Phi) is 4.56. The van der Waals surface area contributed by atoms with Crippen molar-refractivity contribution in [3.05, 3.63) is 23.8 Å². The van der Waals surface area contributed by atoms with E-state index in [1.807, 2.05) is 10.8 Å². The number of benzene rings is 1. The van der Waals surface area contributed by atoms with Crippen molar-refractivity contribution in [2.24, 2.45) is 0 Å². The molecule has 21 heavy (non-hydrogen) atoms. The van der Waals surface area contributed by atoms with Gasteiger partial charge >= 0.3 is 16.3 Å². The minimum absolute atomic E-state index is 0.395. The first-order chi connectivity index (χ1) is 9.87. The maximum Gasteiger partial charge on any atom is 0.422 e. The summed E-state index contributed by atoms with van der Waals surface area (Å²) in [5.41, 5.74) is 2.27. The summed E-state index contributed by atoms with van der Waals surface area (Å²) in [5.74, 6) is 0. The van der Waals surface area contributed by atoms with Crippen LogP contribution in [0.5, 0.6) is 0 Å². The number of hydrogen-bond donors (Lipinski definition) is 3. The topological polar surface area (TPSA) is 96.5 Å². The average Bonchev–Trinajstić information content (AvgIpc) is 2.37. The Morgan fingerprint density at radius 3 is 2.86 bits per heavy atom. The Bertz CT molecular complexity index is 628. The zero-order chi connectivity index (χ0) is 15.5. The molecular weight excluding hydrogens is 294 g/mol. The molecule has 0 aromatic heterocycles. The largest absolute Gasteiger partial charge is 0.446 e. The molecule has 2 rings (SSSR count). The van der Waals surface area contributed by atoms with Gasteiger partial charge in [0.2, 0.25) is 0 Å². The van der Waals surface area contributed by atoms with Crippen molar-refractivity contribution in [1.82, 2.24) is 4.72 Å². The molecule has 0 bridgehead atoms. The van der Waals surface area contributed by atoms with Gasteiger partial charge in [0, 0.05) is 12.2 Å². The standard InChI is InChI=1S/C13H19N3O4S/c1-9(2)20-13(17)16-21(18,19)15-12-7-3-6-11-10(12)5-4-8-14-11/h3,6-7,9,14-15H,4-5,8H2,1-2H3,(H,16,17). The van der Waals surface area contributed by atoms with Gasteiger partial charge in [-0.1, -0.05) is 6.07 Å². The lowest BCUT2D eigenvalue weighted by molar-refractivity contribution is 0.121. The molecule has 8 heteroatoms. The van der Waals surface area contributed by atoms with E-state index in [0.717, 1.165) is 30.6 Å². The van der Waals surface area contributed by atoms with Crippen LogP contribution in [0.1, 0.15) is 25.8 Å². The lowest BCUT2D eigenvalue weighted by Crippen LogP contribution is -2.37. The monoisotopic (exact) mass is 313 g/mol. The van der Waals surface area contributed by atoms with Gasteiger partial charge in [-0.05, 0) is 44.4 Å². The first kappa shape index (κ1) is 15.4. The number of carbonyl (C=O) groups is 1. The molecule has 7 nitrogen and oxygen atoms in total. The van der Waals surface area contributed by atoms with Gasteiger partial charge in [0.15, 0.2) is 0 Å². The summed E-state index contributed by atoms with van der Waals surface area (Å²) in [7, 11) is -4.02. The van der Waals surface area contributed by atoms with Crippen LogP contribution >= 0.6 is 0 Å². The van der Waals surface area contributed by atoms with Gasteiger partial charge in [0.05, 0.1) is 11.8 Å². The minimum Gasteiger partial charge on any atom is -0.446 e. The van der Waals surface area contributed by atoms with Crippen molar-refractivity contribution in [3.8, 4) is 0 Å². The van der Waals surface area contributed by atoms with E-state index in [1.54, 1.807) is 26.0 Å². The Labute approximate surface area is 124 Å². The number of amides is 1. The fourth-order valence-electron chi connectivity index (χ4n) is 2.12. The molecule has 1 amide bonds. The highest BCUT2D eigenvalue weighted by Crippen LogP contribution is 2.29. The van der Waals surface area contributed by atoms with Gasteiger partial charge in [-0.2, -0.15) is 8.42 Å². The molecule has 1 aliphatic heterocycles. The number of nitrogens with one attached hydrogen (secondary N) is 3. The quantitative estimate of drug-likeness (QED) is 0.788. The van der Waals surface area contributed by atoms with Gasteiger partial charge in [-0.15, -0.1) is 0 Å². The third-order valence-corrected chi connectivity index (χ3v) is 3.82. The van der Waals surface area contributed by atoms with Gasteiger partial charge in [-0.3, -0.25) is 4.72 Å². The minimum atomic E-state index is -4.02. The zero-order valence-electron chi connectivity index (χ0n) is 12.0. The third-order valence-electron chi connectivity index (χ3n) is 2.90. The molecule has 0 fully saturated rings. The average molecular weight is 313 g/mol. The lowest BCUT2D eigenvalue weighted by atomic mass is 10.0. The van der Waals surface area contributed by atoms with E-state index in [4.69, 9.17) is 4.74 Å². The summed E-state index contributed by atoms with van der Waals surface area (Å²) in [5, 5.41) is 3.21. The number of anilines is 2. The van der Waals surface area contributed by atoms with E-state index in [9.17, 15) is 13.2 Å². The highest BCUT2D eigenvalue weighted by atomic mass is 32.2. The molecule has 1 aromatic carbocycles. The van der Waals surface area contributed by atoms with Crippen LogP contribution in [0.15, 0.2) is 18.2 Å². The van der Waals surface area contributed by atoms with Gasteiger partial charge < -0.3 is 10.1 Å². The Balaban J connectivity index is 2.12. The summed E-state index contributed by atoms with van der Waals surface area (Å²) < 4.78 is 32.8. The van der Waals surface area contributed by atoms with Crippen LogP contribution in [0.2, 0.25) is 0 Å². The molecule has 0 saturated carbocycles. The Morgan fingerprint density at radius 2 is 2.14 bits per heavy atom. The molecule has 3 N–H and O–H groups in total. The molecule has 0 spiro atoms. The van der Waals surface area contributed by atoms with Crippen molar-refractivity contribution in [2.45, 2.75) is 32.8 Å². The highest BCUT2D eigenvalue weighted by molar-refractivity contribution is 7.91. The van der Waals surface area contributed by atoms with E-state index < -0.39 is 22.4 Å². The van der Waals surface area contributed by atoms with E-state index in [2.05, 4.69) is 10.0 Å². The fourth-order valence-corrected chi connectivity index (χ4v) is 2.92. The highest BCUT2D eigenvalue weighted by Gasteiger charge is 2.20. The third kappa shape index (κ3) is 4.25. The molecule has 1 heterocycles. The summed E-state index contributed by atoms with van der Waals surface area (Å²) in [6, 6.07) is 5.31. The van der Waals surface area contributed by atoms with Crippen LogP contribution in [0.3, 0.4) is 0 Å². The predicted octanol–water partition coefficient (Wildman–Crippen LogP) is 1.84. The first-order valence-electron chi connectivity index (χ1n) is 6.74. The molecule has 116 valence electrons. The Hall–Kier alpha value is -1.96. The van der Waals surface area contributed by atoms with Crippen molar-refractivity contribution in [1.29, 1.82) is 0 Å². The number of ether oxygens (including phenoxy) is 1. The number of carbonyl (C=O) groups excluding carboxylic acids is 1. The predicted molar refractivity (Wildman–Crippen MR) is 80.5 cm³/mol. The van der Waals surface area contributed by atoms with Crippen molar-refractivity contribution in [2.75, 3.05) is 16.6 Å². The molecule has 0 atom stereocenters. The number of hydrogen-bond acceptors (Lipinski definition) is 5. The normalized spacial score (nSPS) is 14.0. The van der Waals surface area contributed by atoms with Crippen molar-refractivity contribution in [3.63, 3.8) is 0 Å². The smallest absolute Gasteiger partial charge is 0.422 e. The summed E-state index contributed by atoms with van der Waals surface area (Å²) in [6.07, 6.45) is 0.306. The Morgan fingerprint density at radius 1 is 1.38 bits per heavy atom. The van der Waals surface area contributed by atoms with E-state index in [-0.39, 0.29) is 0 Å². The van der Waals surface area contributed by atoms with Crippen LogP contribution in [-0.2, 0) is 21.4 Å². The van der Waals surface area contributed by atoms with Crippen LogP contribution in [-0.4, -0.2) is 27.2 Å². The molecule has 0 radical (unpaired) electrons. The van der Waals surface area contributed by atoms with E-state index in [0.29, 0.717) is 5.69 Å². The van der Waals surface area contributed by atoms with Gasteiger partial charge in [0.1, 0.15) is 0 Å². The number of fused-ring (bicyclic) bond motifs is 1. The summed E-state index contributed by atoms with van der Waals surface area (Å²) in [6.45, 7) is 4.14. The molecule has 0 saturated heterocycles. The second-order valence-electron chi connectivity index (χ2n) is 5.02. The van der Waals surface area contributed by atoms with Crippen molar-refractivity contribution < 1.29 is 17.9 Å². The summed E-state index contributed by atoms with van der Waals surface area (Å²) in [4.78, 5) is 11.4. The van der Waals surface area contributed by atoms with Crippen LogP contribution in [0.25, 0.3) is 0 Å². The van der Waals surface area contributed by atoms with Crippen LogP contribution < -0.4 is 14.8 Å². The lowest BCUT2D eigenvalue weighted by Gasteiger charge is -2.21. The first-order valence-corrected chi connectivity index (χ1v) is 8.22. The maximum atomic E-state index is 11.9. The molecular formula is C13H19N3O4S. The molecule has 1 aliphatic rings. The van der Waals surface area contributed by atoms with E-state index in [1.165, 1.54) is 0 Å². The van der Waals surface area contributed by atoms with E-state index >= 15 is 0 Å².